The highest BCUT2D eigenvalue weighted by Crippen LogP contribution is 2.40. The van der Waals surface area contributed by atoms with E-state index in [1.54, 1.807) is 19.2 Å². The lowest BCUT2D eigenvalue weighted by Crippen LogP contribution is -2.55. The molecule has 3 aliphatic rings. The molecule has 7 heteroatoms. The number of carbonyl (C=O) groups excluding carboxylic acids is 1. The van der Waals surface area contributed by atoms with Crippen LogP contribution in [-0.2, 0) is 25.5 Å². The molecule has 1 unspecified atom stereocenters. The fourth-order valence-electron chi connectivity index (χ4n) is 4.95. The number of ether oxygens (including phenoxy) is 3. The maximum Gasteiger partial charge on any atom is 0.248 e. The first kappa shape index (κ1) is 22.6. The zero-order chi connectivity index (χ0) is 21.7. The maximum absolute atomic E-state index is 13.3. The molecule has 6 nitrogen and oxygen atoms in total. The van der Waals surface area contributed by atoms with Crippen molar-refractivity contribution in [2.24, 2.45) is 0 Å². The van der Waals surface area contributed by atoms with Crippen LogP contribution in [0.25, 0.3) is 0 Å². The predicted molar refractivity (Wildman–Crippen MR) is 115 cm³/mol. The summed E-state index contributed by atoms with van der Waals surface area (Å²) in [7, 11) is 1.62. The Morgan fingerprint density at radius 1 is 1.16 bits per heavy atom. The molecule has 4 rings (SSSR count). The van der Waals surface area contributed by atoms with E-state index >= 15 is 0 Å². The normalized spacial score (nSPS) is 23.5. The average molecular weight is 435 g/mol. The van der Waals surface area contributed by atoms with Gasteiger partial charge in [-0.05, 0) is 56.2 Å². The number of hydrogen-bond acceptors (Lipinski definition) is 5. The lowest BCUT2D eigenvalue weighted by atomic mass is 9.81. The van der Waals surface area contributed by atoms with Crippen molar-refractivity contribution < 1.29 is 23.4 Å². The number of methoxy groups -OCH3 is 1. The van der Waals surface area contributed by atoms with Gasteiger partial charge < -0.3 is 19.1 Å². The summed E-state index contributed by atoms with van der Waals surface area (Å²) in [6.45, 7) is 4.14. The van der Waals surface area contributed by atoms with Crippen LogP contribution in [0.3, 0.4) is 0 Å². The van der Waals surface area contributed by atoms with Gasteiger partial charge in [0.25, 0.3) is 0 Å². The average Bonchev–Trinajstić information content (AvgIpc) is 3.62. The number of halogens is 1. The van der Waals surface area contributed by atoms with Crippen LogP contribution in [0.4, 0.5) is 4.39 Å². The zero-order valence-corrected chi connectivity index (χ0v) is 18.6. The van der Waals surface area contributed by atoms with Crippen LogP contribution in [0.2, 0.25) is 0 Å². The van der Waals surface area contributed by atoms with Crippen molar-refractivity contribution in [1.82, 2.24) is 9.80 Å². The van der Waals surface area contributed by atoms with Gasteiger partial charge in [-0.1, -0.05) is 12.1 Å². The second kappa shape index (κ2) is 10.4. The number of rotatable bonds is 9. The largest absolute Gasteiger partial charge is 0.382 e. The van der Waals surface area contributed by atoms with Crippen LogP contribution in [0.1, 0.15) is 44.1 Å². The van der Waals surface area contributed by atoms with Gasteiger partial charge in [-0.25, -0.2) is 4.39 Å². The molecule has 1 aromatic carbocycles. The van der Waals surface area contributed by atoms with Gasteiger partial charge >= 0.3 is 0 Å². The Labute approximate surface area is 184 Å². The van der Waals surface area contributed by atoms with Crippen molar-refractivity contribution in [3.8, 4) is 0 Å². The zero-order valence-electron chi connectivity index (χ0n) is 18.6. The number of benzene rings is 1. The number of piperidine rings is 1. The van der Waals surface area contributed by atoms with E-state index in [1.807, 2.05) is 17.0 Å². The molecule has 31 heavy (non-hydrogen) atoms. The Hall–Kier alpha value is -1.54. The molecule has 2 aliphatic heterocycles. The molecule has 0 bridgehead atoms. The predicted octanol–water partition coefficient (Wildman–Crippen LogP) is 2.99. The van der Waals surface area contributed by atoms with E-state index in [9.17, 15) is 9.18 Å². The fourth-order valence-corrected chi connectivity index (χ4v) is 4.95. The van der Waals surface area contributed by atoms with Gasteiger partial charge in [0.05, 0.1) is 18.8 Å². The molecule has 0 aromatic heterocycles. The first-order valence-electron chi connectivity index (χ1n) is 11.6. The molecule has 1 aliphatic carbocycles. The third kappa shape index (κ3) is 6.04. The summed E-state index contributed by atoms with van der Waals surface area (Å²) in [5.74, 6) is -0.133. The van der Waals surface area contributed by atoms with Crippen molar-refractivity contribution in [1.29, 1.82) is 0 Å². The van der Waals surface area contributed by atoms with E-state index in [4.69, 9.17) is 14.2 Å². The Kier molecular flexibility index (Phi) is 7.59. The highest BCUT2D eigenvalue weighted by molar-refractivity contribution is 5.77. The lowest BCUT2D eigenvalue weighted by molar-refractivity contribution is -0.153. The topological polar surface area (TPSA) is 51.2 Å². The minimum Gasteiger partial charge on any atom is -0.382 e. The van der Waals surface area contributed by atoms with E-state index in [1.165, 1.54) is 18.4 Å². The van der Waals surface area contributed by atoms with Gasteiger partial charge in [0, 0.05) is 45.4 Å². The molecule has 2 saturated heterocycles. The molecule has 1 atom stereocenters. The molecule has 3 fully saturated rings. The van der Waals surface area contributed by atoms with Crippen molar-refractivity contribution in [3.63, 3.8) is 0 Å². The summed E-state index contributed by atoms with van der Waals surface area (Å²) >= 11 is 0. The van der Waals surface area contributed by atoms with Gasteiger partial charge in [-0.15, -0.1) is 0 Å². The van der Waals surface area contributed by atoms with Crippen molar-refractivity contribution in [2.75, 3.05) is 46.6 Å². The fraction of sp³-hybridized carbons (Fsp3) is 0.708. The molecule has 0 radical (unpaired) electrons. The van der Waals surface area contributed by atoms with E-state index in [0.29, 0.717) is 25.3 Å². The summed E-state index contributed by atoms with van der Waals surface area (Å²) < 4.78 is 30.0. The molecule has 1 amide bonds. The minimum absolute atomic E-state index is 0.0502. The van der Waals surface area contributed by atoms with Crippen LogP contribution in [0.5, 0.6) is 0 Å². The number of nitrogens with zero attached hydrogens (tertiary/aromatic N) is 2. The number of carbonyl (C=O) groups is 1. The summed E-state index contributed by atoms with van der Waals surface area (Å²) in [5, 5.41) is 0. The second-order valence-electron chi connectivity index (χ2n) is 9.13. The molecule has 0 N–H and O–H groups in total. The molecule has 1 spiro atoms. The maximum atomic E-state index is 13.3. The van der Waals surface area contributed by atoms with E-state index in [0.717, 1.165) is 51.9 Å². The molecular weight excluding hydrogens is 399 g/mol. The van der Waals surface area contributed by atoms with Crippen LogP contribution in [0.15, 0.2) is 24.3 Å². The van der Waals surface area contributed by atoms with Crippen molar-refractivity contribution >= 4 is 5.91 Å². The molecule has 1 aromatic rings. The highest BCUT2D eigenvalue weighted by Gasteiger charge is 2.44. The van der Waals surface area contributed by atoms with E-state index in [2.05, 4.69) is 4.90 Å². The molecule has 2 heterocycles. The Morgan fingerprint density at radius 2 is 1.90 bits per heavy atom. The molecule has 172 valence electrons. The SMILES string of the molecule is COCCOCC(=O)N1CCC2(CC1)CC(N(Cc1ccc(F)cc1)C1CC1)CCO2. The summed E-state index contributed by atoms with van der Waals surface area (Å²) in [6, 6.07) is 8.02. The second-order valence-corrected chi connectivity index (χ2v) is 9.13. The van der Waals surface area contributed by atoms with E-state index < -0.39 is 0 Å². The Balaban J connectivity index is 1.31. The number of hydrogen-bond donors (Lipinski definition) is 0. The summed E-state index contributed by atoms with van der Waals surface area (Å²) in [5.41, 5.74) is 1.04. The Bertz CT molecular complexity index is 717. The highest BCUT2D eigenvalue weighted by atomic mass is 19.1. The van der Waals surface area contributed by atoms with Crippen LogP contribution < -0.4 is 0 Å². The van der Waals surface area contributed by atoms with Gasteiger partial charge in [0.2, 0.25) is 5.91 Å². The quantitative estimate of drug-likeness (QED) is 0.560. The molecular formula is C24H35FN2O4. The summed E-state index contributed by atoms with van der Waals surface area (Å²) in [4.78, 5) is 16.9. The van der Waals surface area contributed by atoms with Crippen LogP contribution in [0, 0.1) is 5.82 Å². The first-order chi connectivity index (χ1) is 15.1. The van der Waals surface area contributed by atoms with Crippen molar-refractivity contribution in [2.45, 2.75) is 62.8 Å². The van der Waals surface area contributed by atoms with Gasteiger partial charge in [-0.3, -0.25) is 9.69 Å². The van der Waals surface area contributed by atoms with Crippen LogP contribution in [-0.4, -0.2) is 80.0 Å². The number of likely N-dealkylation sites (tertiary alicyclic amines) is 1. The van der Waals surface area contributed by atoms with E-state index in [-0.39, 0.29) is 23.9 Å². The lowest BCUT2D eigenvalue weighted by Gasteiger charge is -2.48. The number of amides is 1. The first-order valence-corrected chi connectivity index (χ1v) is 11.6. The van der Waals surface area contributed by atoms with Gasteiger partial charge in [-0.2, -0.15) is 0 Å². The minimum atomic E-state index is -0.183. The van der Waals surface area contributed by atoms with Crippen molar-refractivity contribution in [3.05, 3.63) is 35.6 Å². The Morgan fingerprint density at radius 3 is 2.58 bits per heavy atom. The van der Waals surface area contributed by atoms with Gasteiger partial charge in [0.15, 0.2) is 0 Å². The monoisotopic (exact) mass is 434 g/mol. The third-order valence-corrected chi connectivity index (χ3v) is 6.91. The third-order valence-electron chi connectivity index (χ3n) is 6.91. The van der Waals surface area contributed by atoms with Gasteiger partial charge in [0.1, 0.15) is 12.4 Å². The summed E-state index contributed by atoms with van der Waals surface area (Å²) in [6.07, 6.45) is 6.30. The molecule has 1 saturated carbocycles. The smallest absolute Gasteiger partial charge is 0.248 e. The van der Waals surface area contributed by atoms with Crippen LogP contribution >= 0.6 is 0 Å². The standard InChI is InChI=1S/C24H35FN2O4/c1-29-14-15-30-18-23(28)26-11-9-24(10-12-26)16-22(8-13-31-24)27(21-6-7-21)17-19-2-4-20(25)5-3-19/h2-5,21-22H,6-18H2,1H3.